The zero-order valence-electron chi connectivity index (χ0n) is 17.3. The second kappa shape index (κ2) is 8.60. The lowest BCUT2D eigenvalue weighted by Crippen LogP contribution is -2.22. The molecule has 1 aromatic heterocycles. The van der Waals surface area contributed by atoms with Gasteiger partial charge in [-0.25, -0.2) is 4.98 Å². The number of hydrogen-bond acceptors (Lipinski definition) is 6. The summed E-state index contributed by atoms with van der Waals surface area (Å²) in [7, 11) is -1.92. The number of hydrogen-bond donors (Lipinski definition) is 0. The summed E-state index contributed by atoms with van der Waals surface area (Å²) in [5.74, 6) is 1.50. The molecule has 0 saturated carbocycles. The Morgan fingerprint density at radius 1 is 1.03 bits per heavy atom. The molecule has 2 heterocycles. The molecule has 0 bridgehead atoms. The minimum atomic E-state index is -3.55. The lowest BCUT2D eigenvalue weighted by molar-refractivity contribution is 0.229. The Labute approximate surface area is 176 Å². The van der Waals surface area contributed by atoms with E-state index in [1.807, 2.05) is 48.5 Å². The minimum absolute atomic E-state index is 0.252. The molecule has 30 heavy (non-hydrogen) atoms. The Hall–Kier alpha value is -2.66. The highest BCUT2D eigenvalue weighted by Gasteiger charge is 2.34. The Morgan fingerprint density at radius 2 is 1.73 bits per heavy atom. The van der Waals surface area contributed by atoms with E-state index in [0.717, 1.165) is 33.9 Å². The van der Waals surface area contributed by atoms with Crippen molar-refractivity contribution in [3.05, 3.63) is 60.2 Å². The van der Waals surface area contributed by atoms with E-state index in [0.29, 0.717) is 11.0 Å². The maximum atomic E-state index is 13.7. The SMILES string of the molecule is CCOP(=O)(OCC)c1cc(-c2ccc(OC)cc2)nc2c1COc1ccccc1-2. The van der Waals surface area contributed by atoms with Gasteiger partial charge in [0.05, 0.1) is 37.0 Å². The molecule has 1 aliphatic rings. The van der Waals surface area contributed by atoms with Crippen LogP contribution in [0.3, 0.4) is 0 Å². The molecule has 156 valence electrons. The molecule has 1 aliphatic heterocycles. The molecule has 0 amide bonds. The van der Waals surface area contributed by atoms with Crippen molar-refractivity contribution in [1.29, 1.82) is 0 Å². The highest BCUT2D eigenvalue weighted by molar-refractivity contribution is 7.62. The van der Waals surface area contributed by atoms with Crippen molar-refractivity contribution >= 4 is 12.9 Å². The van der Waals surface area contributed by atoms with Crippen LogP contribution < -0.4 is 14.8 Å². The smallest absolute Gasteiger partial charge is 0.361 e. The predicted molar refractivity (Wildman–Crippen MR) is 116 cm³/mol. The van der Waals surface area contributed by atoms with Crippen LogP contribution in [0.5, 0.6) is 11.5 Å². The third-order valence-electron chi connectivity index (χ3n) is 4.89. The van der Waals surface area contributed by atoms with Gasteiger partial charge < -0.3 is 18.5 Å². The number of benzene rings is 2. The summed E-state index contributed by atoms with van der Waals surface area (Å²) in [6.07, 6.45) is 0. The lowest BCUT2D eigenvalue weighted by atomic mass is 10.0. The molecule has 0 aliphatic carbocycles. The van der Waals surface area contributed by atoms with Crippen molar-refractivity contribution in [2.75, 3.05) is 20.3 Å². The van der Waals surface area contributed by atoms with Crippen LogP contribution in [0.25, 0.3) is 22.5 Å². The maximum absolute atomic E-state index is 13.7. The number of methoxy groups -OCH3 is 1. The maximum Gasteiger partial charge on any atom is 0.361 e. The van der Waals surface area contributed by atoms with Crippen LogP contribution in [0.2, 0.25) is 0 Å². The van der Waals surface area contributed by atoms with Gasteiger partial charge in [0.25, 0.3) is 0 Å². The molecule has 0 fully saturated rings. The Kier molecular flexibility index (Phi) is 5.91. The van der Waals surface area contributed by atoms with Crippen molar-refractivity contribution in [3.63, 3.8) is 0 Å². The van der Waals surface area contributed by atoms with E-state index in [4.69, 9.17) is 23.5 Å². The third kappa shape index (κ3) is 3.74. The predicted octanol–water partition coefficient (Wildman–Crippen LogP) is 5.21. The first-order chi connectivity index (χ1) is 14.6. The molecule has 0 spiro atoms. The van der Waals surface area contributed by atoms with Crippen LogP contribution in [-0.4, -0.2) is 25.3 Å². The fraction of sp³-hybridized carbons (Fsp3) is 0.261. The summed E-state index contributed by atoms with van der Waals surface area (Å²) in [4.78, 5) is 4.92. The molecule has 4 rings (SSSR count). The van der Waals surface area contributed by atoms with Gasteiger partial charge in [0, 0.05) is 16.7 Å². The molecular formula is C23H24NO5P. The highest BCUT2D eigenvalue weighted by Crippen LogP contribution is 2.50. The van der Waals surface area contributed by atoms with Gasteiger partial charge >= 0.3 is 7.60 Å². The summed E-state index contributed by atoms with van der Waals surface area (Å²) in [5.41, 5.74) is 3.89. The monoisotopic (exact) mass is 425 g/mol. The number of fused-ring (bicyclic) bond motifs is 3. The van der Waals surface area contributed by atoms with Gasteiger partial charge in [-0.1, -0.05) is 12.1 Å². The third-order valence-corrected chi connectivity index (χ3v) is 7.08. The van der Waals surface area contributed by atoms with Crippen LogP contribution >= 0.6 is 7.60 Å². The number of ether oxygens (including phenoxy) is 2. The van der Waals surface area contributed by atoms with Crippen molar-refractivity contribution in [2.24, 2.45) is 0 Å². The van der Waals surface area contributed by atoms with Gasteiger partial charge in [0.2, 0.25) is 0 Å². The first-order valence-electron chi connectivity index (χ1n) is 9.89. The van der Waals surface area contributed by atoms with Crippen LogP contribution in [0.15, 0.2) is 54.6 Å². The number of aromatic nitrogens is 1. The van der Waals surface area contributed by atoms with Crippen LogP contribution in [0.4, 0.5) is 0 Å². The second-order valence-corrected chi connectivity index (χ2v) is 8.69. The molecular weight excluding hydrogens is 401 g/mol. The second-order valence-electron chi connectivity index (χ2n) is 6.70. The molecule has 0 atom stereocenters. The fourth-order valence-corrected chi connectivity index (χ4v) is 5.35. The number of para-hydroxylation sites is 1. The summed E-state index contributed by atoms with van der Waals surface area (Å²) >= 11 is 0. The molecule has 2 aromatic carbocycles. The van der Waals surface area contributed by atoms with Crippen LogP contribution in [0.1, 0.15) is 19.4 Å². The topological polar surface area (TPSA) is 66.9 Å². The highest BCUT2D eigenvalue weighted by atomic mass is 31.2. The number of nitrogens with zero attached hydrogens (tertiary/aromatic N) is 1. The van der Waals surface area contributed by atoms with Crippen LogP contribution in [0, 0.1) is 0 Å². The number of rotatable bonds is 7. The number of pyridine rings is 1. The first kappa shape index (κ1) is 20.6. The van der Waals surface area contributed by atoms with E-state index < -0.39 is 7.60 Å². The Bertz CT molecular complexity index is 1090. The quantitative estimate of drug-likeness (QED) is 0.484. The molecule has 0 unspecified atom stereocenters. The molecule has 7 heteroatoms. The van der Waals surface area contributed by atoms with E-state index in [1.54, 1.807) is 27.0 Å². The van der Waals surface area contributed by atoms with Crippen molar-refractivity contribution in [3.8, 4) is 34.0 Å². The summed E-state index contributed by atoms with van der Waals surface area (Å²) in [5, 5.41) is 0.497. The molecule has 6 nitrogen and oxygen atoms in total. The zero-order valence-corrected chi connectivity index (χ0v) is 18.1. The van der Waals surface area contributed by atoms with E-state index >= 15 is 0 Å². The molecule has 0 saturated heterocycles. The van der Waals surface area contributed by atoms with Crippen molar-refractivity contribution < 1.29 is 23.1 Å². The van der Waals surface area contributed by atoms with Crippen molar-refractivity contribution in [2.45, 2.75) is 20.5 Å². The summed E-state index contributed by atoms with van der Waals surface area (Å²) in [6, 6.07) is 17.1. The lowest BCUT2D eigenvalue weighted by Gasteiger charge is -2.26. The average molecular weight is 425 g/mol. The largest absolute Gasteiger partial charge is 0.497 e. The van der Waals surface area contributed by atoms with E-state index in [-0.39, 0.29) is 19.8 Å². The molecule has 3 aromatic rings. The van der Waals surface area contributed by atoms with Gasteiger partial charge in [0.15, 0.2) is 0 Å². The Morgan fingerprint density at radius 3 is 2.40 bits per heavy atom. The average Bonchev–Trinajstić information content (AvgIpc) is 2.78. The van der Waals surface area contributed by atoms with E-state index in [1.165, 1.54) is 0 Å². The molecule has 0 radical (unpaired) electrons. The van der Waals surface area contributed by atoms with Gasteiger partial charge in [-0.2, -0.15) is 0 Å². The fourth-order valence-electron chi connectivity index (χ4n) is 3.53. The van der Waals surface area contributed by atoms with Gasteiger partial charge in [-0.15, -0.1) is 0 Å². The summed E-state index contributed by atoms with van der Waals surface area (Å²) in [6.45, 7) is 4.39. The normalized spacial score (nSPS) is 12.6. The van der Waals surface area contributed by atoms with E-state index in [2.05, 4.69) is 0 Å². The minimum Gasteiger partial charge on any atom is -0.497 e. The summed E-state index contributed by atoms with van der Waals surface area (Å²) < 4.78 is 36.3. The van der Waals surface area contributed by atoms with Gasteiger partial charge in [0.1, 0.15) is 18.1 Å². The van der Waals surface area contributed by atoms with E-state index in [9.17, 15) is 4.57 Å². The standard InChI is InChI=1S/C23H24NO5P/c1-4-28-30(25,29-5-2)22-14-20(16-10-12-17(26-3)13-11-16)24-23-18-8-6-7-9-21(18)27-15-19(22)23/h6-14H,4-5,15H2,1-3H3. The van der Waals surface area contributed by atoms with Crippen LogP contribution in [-0.2, 0) is 20.2 Å². The van der Waals surface area contributed by atoms with Gasteiger partial charge in [-0.3, -0.25) is 4.57 Å². The molecule has 0 N–H and O–H groups in total. The first-order valence-corrected chi connectivity index (χ1v) is 11.4. The zero-order chi connectivity index (χ0) is 21.1. The van der Waals surface area contributed by atoms with Crippen molar-refractivity contribution in [1.82, 2.24) is 4.98 Å². The Balaban J connectivity index is 1.96. The van der Waals surface area contributed by atoms with Gasteiger partial charge in [-0.05, 0) is 56.3 Å².